The van der Waals surface area contributed by atoms with Crippen molar-refractivity contribution < 1.29 is 14.5 Å². The highest BCUT2D eigenvalue weighted by Crippen LogP contribution is 2.15. The molecule has 8 nitrogen and oxygen atoms in total. The lowest BCUT2D eigenvalue weighted by atomic mass is 10.3. The fraction of sp³-hybridized carbons (Fsp3) is 0. The number of anilines is 2. The maximum Gasteiger partial charge on any atom is 0.338 e. The van der Waals surface area contributed by atoms with E-state index < -0.39 is 11.0 Å². The number of hydrogen-bond acceptors (Lipinski definition) is 4. The van der Waals surface area contributed by atoms with E-state index in [4.69, 9.17) is 0 Å². The Morgan fingerprint density at radius 3 is 2.27 bits per heavy atom. The van der Waals surface area contributed by atoms with Crippen LogP contribution in [0, 0.1) is 10.1 Å². The molecule has 0 atom stereocenters. The van der Waals surface area contributed by atoms with Crippen molar-refractivity contribution in [2.24, 2.45) is 0 Å². The Morgan fingerprint density at radius 2 is 1.73 bits per heavy atom. The predicted octanol–water partition coefficient (Wildman–Crippen LogP) is 2.29. The van der Waals surface area contributed by atoms with Crippen LogP contribution >= 0.6 is 0 Å². The van der Waals surface area contributed by atoms with Crippen molar-refractivity contribution in [2.45, 2.75) is 0 Å². The molecular weight excluding hydrogens is 288 g/mol. The van der Waals surface area contributed by atoms with Crippen molar-refractivity contribution in [3.05, 3.63) is 64.7 Å². The number of carbonyl (C=O) groups excluding carboxylic acids is 2. The van der Waals surface area contributed by atoms with Gasteiger partial charge in [0.1, 0.15) is 0 Å². The van der Waals surface area contributed by atoms with E-state index in [2.05, 4.69) is 10.7 Å². The number of para-hydroxylation sites is 1. The molecule has 3 amide bonds. The molecule has 0 aromatic heterocycles. The number of amides is 3. The van der Waals surface area contributed by atoms with Gasteiger partial charge in [-0.15, -0.1) is 0 Å². The van der Waals surface area contributed by atoms with Gasteiger partial charge >= 0.3 is 6.03 Å². The molecule has 2 rings (SSSR count). The largest absolute Gasteiger partial charge is 0.338 e. The van der Waals surface area contributed by atoms with Gasteiger partial charge in [0.2, 0.25) is 6.41 Å². The van der Waals surface area contributed by atoms with Crippen LogP contribution < -0.4 is 15.8 Å². The van der Waals surface area contributed by atoms with E-state index in [-0.39, 0.29) is 5.69 Å². The third-order valence-corrected chi connectivity index (χ3v) is 2.70. The lowest BCUT2D eigenvalue weighted by Crippen LogP contribution is -2.43. The van der Waals surface area contributed by atoms with E-state index in [1.54, 1.807) is 30.3 Å². The van der Waals surface area contributed by atoms with Gasteiger partial charge < -0.3 is 5.32 Å². The molecule has 0 fully saturated rings. The van der Waals surface area contributed by atoms with Gasteiger partial charge in [-0.3, -0.25) is 14.9 Å². The van der Waals surface area contributed by atoms with Gasteiger partial charge in [0, 0.05) is 17.8 Å². The Hall–Kier alpha value is -3.42. The molecule has 112 valence electrons. The van der Waals surface area contributed by atoms with Gasteiger partial charge in [-0.05, 0) is 24.3 Å². The van der Waals surface area contributed by atoms with Gasteiger partial charge in [0.05, 0.1) is 10.6 Å². The first-order valence-electron chi connectivity index (χ1n) is 6.22. The zero-order chi connectivity index (χ0) is 15.9. The number of hydrazine groups is 1. The molecule has 0 saturated carbocycles. The fourth-order valence-corrected chi connectivity index (χ4v) is 1.68. The molecule has 0 unspecified atom stereocenters. The maximum absolute atomic E-state index is 11.8. The summed E-state index contributed by atoms with van der Waals surface area (Å²) in [5.74, 6) is 0. The minimum absolute atomic E-state index is 0.0789. The number of hydrogen-bond donors (Lipinski definition) is 2. The van der Waals surface area contributed by atoms with Crippen molar-refractivity contribution >= 4 is 29.5 Å². The normalized spacial score (nSPS) is 9.64. The van der Waals surface area contributed by atoms with Crippen LogP contribution in [0.4, 0.5) is 21.9 Å². The Morgan fingerprint density at radius 1 is 1.09 bits per heavy atom. The van der Waals surface area contributed by atoms with Crippen molar-refractivity contribution in [1.29, 1.82) is 0 Å². The first-order valence-corrected chi connectivity index (χ1v) is 6.22. The summed E-state index contributed by atoms with van der Waals surface area (Å²) < 4.78 is 0. The number of non-ortho nitro benzene ring substituents is 1. The summed E-state index contributed by atoms with van der Waals surface area (Å²) in [6.45, 7) is 0. The molecule has 0 radical (unpaired) electrons. The highest BCUT2D eigenvalue weighted by molar-refractivity contribution is 5.93. The van der Waals surface area contributed by atoms with Crippen LogP contribution in [0.5, 0.6) is 0 Å². The summed E-state index contributed by atoms with van der Waals surface area (Å²) in [6.07, 6.45) is 0.463. The van der Waals surface area contributed by atoms with E-state index >= 15 is 0 Å². The van der Waals surface area contributed by atoms with E-state index in [0.29, 0.717) is 17.8 Å². The average Bonchev–Trinajstić information content (AvgIpc) is 2.54. The third kappa shape index (κ3) is 3.79. The second-order valence-corrected chi connectivity index (χ2v) is 4.18. The van der Waals surface area contributed by atoms with Gasteiger partial charge in [-0.2, -0.15) is 0 Å². The Bertz CT molecular complexity index is 673. The zero-order valence-corrected chi connectivity index (χ0v) is 11.3. The fourth-order valence-electron chi connectivity index (χ4n) is 1.68. The number of nitrogens with one attached hydrogen (secondary N) is 2. The second-order valence-electron chi connectivity index (χ2n) is 4.18. The molecule has 2 aromatic carbocycles. The SMILES string of the molecule is O=CN(NC(=O)Nc1ccc([N+](=O)[O-])cc1)c1ccccc1. The van der Waals surface area contributed by atoms with Gasteiger partial charge in [0.25, 0.3) is 5.69 Å². The summed E-state index contributed by atoms with van der Waals surface area (Å²) in [5, 5.41) is 14.0. The molecule has 8 heteroatoms. The number of nitro benzene ring substituents is 1. The van der Waals surface area contributed by atoms with Gasteiger partial charge in [0.15, 0.2) is 0 Å². The zero-order valence-electron chi connectivity index (χ0n) is 11.3. The Balaban J connectivity index is 2.00. The summed E-state index contributed by atoms with van der Waals surface area (Å²) in [7, 11) is 0. The van der Waals surface area contributed by atoms with E-state index in [0.717, 1.165) is 5.01 Å². The lowest BCUT2D eigenvalue weighted by molar-refractivity contribution is -0.384. The number of carbonyl (C=O) groups is 2. The predicted molar refractivity (Wildman–Crippen MR) is 80.2 cm³/mol. The van der Waals surface area contributed by atoms with E-state index in [1.165, 1.54) is 24.3 Å². The molecule has 0 saturated heterocycles. The molecule has 2 N–H and O–H groups in total. The summed E-state index contributed by atoms with van der Waals surface area (Å²) in [4.78, 5) is 32.8. The average molecular weight is 300 g/mol. The van der Waals surface area contributed by atoms with Crippen molar-refractivity contribution in [1.82, 2.24) is 5.43 Å². The molecule has 0 spiro atoms. The lowest BCUT2D eigenvalue weighted by Gasteiger charge is -2.18. The van der Waals surface area contributed by atoms with Gasteiger partial charge in [-0.25, -0.2) is 15.2 Å². The molecule has 0 aliphatic heterocycles. The Kier molecular flexibility index (Phi) is 4.66. The van der Waals surface area contributed by atoms with Crippen LogP contribution in [0.3, 0.4) is 0 Å². The van der Waals surface area contributed by atoms with Crippen LogP contribution in [0.1, 0.15) is 0 Å². The third-order valence-electron chi connectivity index (χ3n) is 2.70. The summed E-state index contributed by atoms with van der Waals surface area (Å²) in [5.41, 5.74) is 3.13. The minimum Gasteiger partial charge on any atom is -0.307 e. The van der Waals surface area contributed by atoms with Crippen molar-refractivity contribution in [2.75, 3.05) is 10.3 Å². The molecule has 2 aromatic rings. The molecule has 0 aliphatic carbocycles. The molecule has 0 bridgehead atoms. The quantitative estimate of drug-likeness (QED) is 0.502. The first kappa shape index (κ1) is 15.0. The van der Waals surface area contributed by atoms with Crippen LogP contribution in [-0.4, -0.2) is 17.4 Å². The molecule has 0 heterocycles. The maximum atomic E-state index is 11.8. The Labute approximate surface area is 125 Å². The standard InChI is InChI=1S/C14H12N4O4/c19-10-17(12-4-2-1-3-5-12)16-14(20)15-11-6-8-13(9-7-11)18(21)22/h1-10H,(H2,15,16,20). The number of urea groups is 1. The van der Waals surface area contributed by atoms with Crippen LogP contribution in [0.2, 0.25) is 0 Å². The molecule has 0 aliphatic rings. The summed E-state index contributed by atoms with van der Waals surface area (Å²) in [6, 6.07) is 13.2. The second kappa shape index (κ2) is 6.84. The molecule has 22 heavy (non-hydrogen) atoms. The van der Waals surface area contributed by atoms with E-state index in [9.17, 15) is 19.7 Å². The minimum atomic E-state index is -0.648. The highest BCUT2D eigenvalue weighted by Gasteiger charge is 2.10. The highest BCUT2D eigenvalue weighted by atomic mass is 16.6. The summed E-state index contributed by atoms with van der Waals surface area (Å²) >= 11 is 0. The molecular formula is C14H12N4O4. The monoisotopic (exact) mass is 300 g/mol. The van der Waals surface area contributed by atoms with E-state index in [1.807, 2.05) is 0 Å². The number of nitrogens with zero attached hydrogens (tertiary/aromatic N) is 2. The number of benzene rings is 2. The van der Waals surface area contributed by atoms with Crippen LogP contribution in [0.25, 0.3) is 0 Å². The smallest absolute Gasteiger partial charge is 0.307 e. The van der Waals surface area contributed by atoms with Crippen molar-refractivity contribution in [3.63, 3.8) is 0 Å². The number of rotatable bonds is 5. The van der Waals surface area contributed by atoms with Crippen LogP contribution in [-0.2, 0) is 4.79 Å². The first-order chi connectivity index (χ1) is 10.6. The topological polar surface area (TPSA) is 105 Å². The van der Waals surface area contributed by atoms with Gasteiger partial charge in [-0.1, -0.05) is 18.2 Å². The van der Waals surface area contributed by atoms with Crippen molar-refractivity contribution in [3.8, 4) is 0 Å². The van der Waals surface area contributed by atoms with Crippen LogP contribution in [0.15, 0.2) is 54.6 Å². The number of nitro groups is 1.